The normalized spacial score (nSPS) is 10.9. The van der Waals surface area contributed by atoms with Crippen LogP contribution in [-0.2, 0) is 15.8 Å². The number of carbonyl (C=O) groups excluding carboxylic acids is 1. The average Bonchev–Trinajstić information content (AvgIpc) is 2.39. The molecule has 0 fully saturated rings. The number of nitrogens with one attached hydrogen (secondary N) is 1. The first-order chi connectivity index (χ1) is 9.09. The van der Waals surface area contributed by atoms with Crippen molar-refractivity contribution in [2.24, 2.45) is 0 Å². The third-order valence-electron chi connectivity index (χ3n) is 2.50. The predicted molar refractivity (Wildman–Crippen MR) is 74.5 cm³/mol. The summed E-state index contributed by atoms with van der Waals surface area (Å²) < 4.78 is 26.4. The van der Waals surface area contributed by atoms with E-state index in [0.29, 0.717) is 23.1 Å². The molecule has 0 aromatic heterocycles. The van der Waals surface area contributed by atoms with Crippen molar-refractivity contribution in [3.8, 4) is 0 Å². The molecule has 19 heavy (non-hydrogen) atoms. The van der Waals surface area contributed by atoms with E-state index in [1.807, 2.05) is 6.07 Å². The smallest absolute Gasteiger partial charge is 0.236 e. The molecule has 0 unspecified atom stereocenters. The zero-order chi connectivity index (χ0) is 13.7. The highest BCUT2D eigenvalue weighted by Crippen LogP contribution is 2.13. The van der Waals surface area contributed by atoms with Gasteiger partial charge in [-0.05, 0) is 17.7 Å². The van der Waals surface area contributed by atoms with Gasteiger partial charge in [-0.15, -0.1) is 0 Å². The van der Waals surface area contributed by atoms with Crippen LogP contribution in [0.2, 0.25) is 0 Å². The van der Waals surface area contributed by atoms with Gasteiger partial charge in [0, 0.05) is 11.3 Å². The molecule has 0 aliphatic heterocycles. The number of aldehydes is 1. The lowest BCUT2D eigenvalue weighted by molar-refractivity contribution is 0.112. The summed E-state index contributed by atoms with van der Waals surface area (Å²) in [4.78, 5) is 10.6. The van der Waals surface area contributed by atoms with Crippen LogP contribution in [0.5, 0.6) is 0 Å². The van der Waals surface area contributed by atoms with Crippen LogP contribution in [0.3, 0.4) is 0 Å². The molecule has 0 aliphatic carbocycles. The molecule has 5 heteroatoms. The molecule has 0 heterocycles. The molecule has 98 valence electrons. The number of hydrogen-bond acceptors (Lipinski definition) is 3. The van der Waals surface area contributed by atoms with Gasteiger partial charge in [-0.3, -0.25) is 9.52 Å². The van der Waals surface area contributed by atoms with Crippen molar-refractivity contribution in [2.45, 2.75) is 5.75 Å². The van der Waals surface area contributed by atoms with Crippen LogP contribution < -0.4 is 4.72 Å². The molecule has 1 N–H and O–H groups in total. The van der Waals surface area contributed by atoms with E-state index in [4.69, 9.17) is 0 Å². The fraction of sp³-hybridized carbons (Fsp3) is 0.0714. The first-order valence-corrected chi connectivity index (χ1v) is 7.34. The Hall–Kier alpha value is -2.14. The third-order valence-corrected chi connectivity index (χ3v) is 3.76. The molecule has 2 rings (SSSR count). The lowest BCUT2D eigenvalue weighted by atomic mass is 10.2. The Labute approximate surface area is 112 Å². The number of benzene rings is 2. The summed E-state index contributed by atoms with van der Waals surface area (Å²) in [7, 11) is -3.48. The van der Waals surface area contributed by atoms with Gasteiger partial charge in [-0.25, -0.2) is 8.42 Å². The van der Waals surface area contributed by atoms with Crippen LogP contribution in [0.1, 0.15) is 15.9 Å². The van der Waals surface area contributed by atoms with Crippen molar-refractivity contribution < 1.29 is 13.2 Å². The topological polar surface area (TPSA) is 63.2 Å². The molecule has 0 aliphatic rings. The minimum Gasteiger partial charge on any atom is -0.298 e. The van der Waals surface area contributed by atoms with Gasteiger partial charge >= 0.3 is 0 Å². The minimum atomic E-state index is -3.48. The molecule has 2 aromatic carbocycles. The Morgan fingerprint density at radius 1 is 1.00 bits per heavy atom. The lowest BCUT2D eigenvalue weighted by Crippen LogP contribution is -2.15. The lowest BCUT2D eigenvalue weighted by Gasteiger charge is -2.08. The maximum Gasteiger partial charge on any atom is 0.236 e. The number of carbonyl (C=O) groups is 1. The van der Waals surface area contributed by atoms with Crippen molar-refractivity contribution in [1.29, 1.82) is 0 Å². The zero-order valence-electron chi connectivity index (χ0n) is 10.1. The molecule has 0 radical (unpaired) electrons. The predicted octanol–water partition coefficient (Wildman–Crippen LogP) is 2.44. The fourth-order valence-electron chi connectivity index (χ4n) is 1.68. The van der Waals surface area contributed by atoms with E-state index in [0.717, 1.165) is 0 Å². The monoisotopic (exact) mass is 275 g/mol. The highest BCUT2D eigenvalue weighted by Gasteiger charge is 2.11. The van der Waals surface area contributed by atoms with Crippen molar-refractivity contribution in [1.82, 2.24) is 0 Å². The number of hydrogen-bond donors (Lipinski definition) is 1. The van der Waals surface area contributed by atoms with Gasteiger partial charge in [0.05, 0.1) is 5.75 Å². The van der Waals surface area contributed by atoms with Gasteiger partial charge in [0.15, 0.2) is 0 Å². The summed E-state index contributed by atoms with van der Waals surface area (Å²) in [6.45, 7) is 0. The number of rotatable bonds is 5. The van der Waals surface area contributed by atoms with Crippen molar-refractivity contribution in [3.05, 3.63) is 65.7 Å². The molecule has 0 spiro atoms. The molecule has 0 atom stereocenters. The van der Waals surface area contributed by atoms with E-state index in [2.05, 4.69) is 4.72 Å². The first kappa shape index (κ1) is 13.3. The Bertz CT molecular complexity index is 666. The molecular weight excluding hydrogens is 262 g/mol. The molecule has 4 nitrogen and oxygen atoms in total. The molecular formula is C14H13NO3S. The summed E-state index contributed by atoms with van der Waals surface area (Å²) in [6.07, 6.45) is 0.676. The van der Waals surface area contributed by atoms with Gasteiger partial charge in [-0.2, -0.15) is 0 Å². The Morgan fingerprint density at radius 2 is 1.74 bits per heavy atom. The first-order valence-electron chi connectivity index (χ1n) is 5.69. The van der Waals surface area contributed by atoms with Crippen molar-refractivity contribution >= 4 is 22.0 Å². The van der Waals surface area contributed by atoms with Gasteiger partial charge < -0.3 is 0 Å². The second-order valence-corrected chi connectivity index (χ2v) is 5.81. The second kappa shape index (κ2) is 5.67. The number of sulfonamides is 1. The quantitative estimate of drug-likeness (QED) is 0.852. The van der Waals surface area contributed by atoms with E-state index in [-0.39, 0.29) is 5.75 Å². The zero-order valence-corrected chi connectivity index (χ0v) is 10.9. The maximum absolute atomic E-state index is 12.0. The molecule has 0 amide bonds. The van der Waals surface area contributed by atoms with Crippen molar-refractivity contribution in [2.75, 3.05) is 4.72 Å². The molecule has 0 saturated carbocycles. The SMILES string of the molecule is O=Cc1cccc(NS(=O)(=O)Cc2ccccc2)c1. The largest absolute Gasteiger partial charge is 0.298 e. The van der Waals surface area contributed by atoms with E-state index in [1.54, 1.807) is 42.5 Å². The van der Waals surface area contributed by atoms with Gasteiger partial charge in [-0.1, -0.05) is 42.5 Å². The molecule has 0 bridgehead atoms. The standard InChI is InChI=1S/C14H13NO3S/c16-10-13-7-4-8-14(9-13)15-19(17,18)11-12-5-2-1-3-6-12/h1-10,15H,11H2. The summed E-state index contributed by atoms with van der Waals surface area (Å²) in [6, 6.07) is 15.3. The van der Waals surface area contributed by atoms with E-state index >= 15 is 0 Å². The van der Waals surface area contributed by atoms with Gasteiger partial charge in [0.2, 0.25) is 10.0 Å². The van der Waals surface area contributed by atoms with E-state index < -0.39 is 10.0 Å². The fourth-order valence-corrected chi connectivity index (χ4v) is 2.87. The number of anilines is 1. The van der Waals surface area contributed by atoms with Crippen molar-refractivity contribution in [3.63, 3.8) is 0 Å². The van der Waals surface area contributed by atoms with Gasteiger partial charge in [0.1, 0.15) is 6.29 Å². The van der Waals surface area contributed by atoms with Crippen LogP contribution in [0.15, 0.2) is 54.6 Å². The van der Waals surface area contributed by atoms with Crippen LogP contribution in [0.4, 0.5) is 5.69 Å². The summed E-state index contributed by atoms with van der Waals surface area (Å²) in [5.41, 5.74) is 1.53. The summed E-state index contributed by atoms with van der Waals surface area (Å²) in [5.74, 6) is -0.0981. The average molecular weight is 275 g/mol. The Balaban J connectivity index is 2.15. The Kier molecular flexibility index (Phi) is 3.97. The van der Waals surface area contributed by atoms with E-state index in [1.165, 1.54) is 6.07 Å². The Morgan fingerprint density at radius 3 is 2.42 bits per heavy atom. The van der Waals surface area contributed by atoms with Crippen LogP contribution >= 0.6 is 0 Å². The molecule has 0 saturated heterocycles. The third kappa shape index (κ3) is 3.93. The maximum atomic E-state index is 12.0. The molecule has 2 aromatic rings. The minimum absolute atomic E-state index is 0.0981. The van der Waals surface area contributed by atoms with Crippen LogP contribution in [0, 0.1) is 0 Å². The van der Waals surface area contributed by atoms with Crippen LogP contribution in [0.25, 0.3) is 0 Å². The second-order valence-electron chi connectivity index (χ2n) is 4.09. The summed E-state index contributed by atoms with van der Waals surface area (Å²) in [5, 5.41) is 0. The highest BCUT2D eigenvalue weighted by atomic mass is 32.2. The van der Waals surface area contributed by atoms with E-state index in [9.17, 15) is 13.2 Å². The van der Waals surface area contributed by atoms with Gasteiger partial charge in [0.25, 0.3) is 0 Å². The summed E-state index contributed by atoms with van der Waals surface area (Å²) >= 11 is 0. The highest BCUT2D eigenvalue weighted by molar-refractivity contribution is 7.91. The van der Waals surface area contributed by atoms with Crippen LogP contribution in [-0.4, -0.2) is 14.7 Å².